The number of carbonyl (C=O) groups is 1. The summed E-state index contributed by atoms with van der Waals surface area (Å²) in [7, 11) is 0.228. The van der Waals surface area contributed by atoms with Crippen LogP contribution in [0.2, 0.25) is 5.54 Å². The second kappa shape index (κ2) is 15.0. The van der Waals surface area contributed by atoms with Crippen molar-refractivity contribution >= 4 is 43.4 Å². The van der Waals surface area contributed by atoms with Crippen molar-refractivity contribution < 1.29 is 62.6 Å². The Morgan fingerprint density at radius 2 is 0.971 bits per heavy atom. The summed E-state index contributed by atoms with van der Waals surface area (Å²) >= 11 is 0. The second-order valence-electron chi connectivity index (χ2n) is 6.53. The molecule has 0 spiro atoms. The van der Waals surface area contributed by atoms with Crippen LogP contribution in [-0.4, -0.2) is 120 Å². The fourth-order valence-corrected chi connectivity index (χ4v) is 8.06. The van der Waals surface area contributed by atoms with E-state index in [1.807, 2.05) is 0 Å². The lowest BCUT2D eigenvalue weighted by atomic mass is 10.3. The zero-order chi connectivity index (χ0) is 26.6. The molecule has 14 nitrogen and oxygen atoms in total. The molecule has 0 radical (unpaired) electrons. The van der Waals surface area contributed by atoms with E-state index in [-0.39, 0.29) is 22.4 Å². The Balaban J connectivity index is 6.90. The highest BCUT2D eigenvalue weighted by Crippen LogP contribution is 2.39. The Kier molecular flexibility index (Phi) is 14.8. The molecule has 0 saturated carbocycles. The highest BCUT2D eigenvalue weighted by molar-refractivity contribution is 6.56. The van der Waals surface area contributed by atoms with Gasteiger partial charge in [0, 0.05) is 79.8 Å². The monoisotopic (exact) mass is 566 g/mol. The SMILES string of the molecule is C=C(C)C(=O)OCC([SiH3])C(O[Si](OC)(OC)OC)(O[Si](OC)(OC)OC)O[Si](OC)(OC)OC. The Morgan fingerprint density at radius 3 is 1.18 bits per heavy atom. The van der Waals surface area contributed by atoms with Gasteiger partial charge < -0.3 is 44.6 Å². The summed E-state index contributed by atoms with van der Waals surface area (Å²) in [5, 5.41) is 0. The van der Waals surface area contributed by atoms with Crippen molar-refractivity contribution in [3.8, 4) is 0 Å². The van der Waals surface area contributed by atoms with Gasteiger partial charge in [-0.2, -0.15) is 0 Å². The first-order valence-corrected chi connectivity index (χ1v) is 15.9. The average molecular weight is 567 g/mol. The van der Waals surface area contributed by atoms with Gasteiger partial charge in [0.1, 0.15) is 0 Å². The molecule has 0 aromatic heterocycles. The van der Waals surface area contributed by atoms with Gasteiger partial charge in [-0.25, -0.2) is 4.79 Å². The minimum Gasteiger partial charge on any atom is -0.462 e. The van der Waals surface area contributed by atoms with Gasteiger partial charge in [-0.1, -0.05) is 6.58 Å². The van der Waals surface area contributed by atoms with Crippen molar-refractivity contribution in [2.24, 2.45) is 0 Å². The number of rotatable bonds is 19. The lowest BCUT2D eigenvalue weighted by molar-refractivity contribution is -0.338. The van der Waals surface area contributed by atoms with Crippen LogP contribution in [0.25, 0.3) is 0 Å². The molecule has 34 heavy (non-hydrogen) atoms. The van der Waals surface area contributed by atoms with Gasteiger partial charge in [0.2, 0.25) is 0 Å². The third kappa shape index (κ3) is 8.33. The molecule has 0 bridgehead atoms. The molecule has 202 valence electrons. The van der Waals surface area contributed by atoms with Crippen LogP contribution in [0.4, 0.5) is 0 Å². The normalized spacial score (nSPS) is 14.3. The molecule has 0 rings (SSSR count). The molecule has 0 N–H and O–H groups in total. The third-order valence-electron chi connectivity index (χ3n) is 4.47. The van der Waals surface area contributed by atoms with Crippen molar-refractivity contribution in [2.75, 3.05) is 70.6 Å². The quantitative estimate of drug-likeness (QED) is 0.0825. The Bertz CT molecular complexity index is 547. The lowest BCUT2D eigenvalue weighted by Crippen LogP contribution is -2.67. The first-order chi connectivity index (χ1) is 15.9. The maximum absolute atomic E-state index is 12.1. The summed E-state index contributed by atoms with van der Waals surface area (Å²) in [5.74, 6) is -2.87. The van der Waals surface area contributed by atoms with Crippen LogP contribution in [0.1, 0.15) is 6.92 Å². The molecule has 0 heterocycles. The summed E-state index contributed by atoms with van der Waals surface area (Å²) in [5.41, 5.74) is -0.636. The van der Waals surface area contributed by atoms with Crippen molar-refractivity contribution in [2.45, 2.75) is 18.4 Å². The fraction of sp³-hybridized carbons (Fsp3) is 0.812. The van der Waals surface area contributed by atoms with Crippen LogP contribution in [0, 0.1) is 0 Å². The van der Waals surface area contributed by atoms with E-state index >= 15 is 0 Å². The van der Waals surface area contributed by atoms with E-state index in [9.17, 15) is 4.79 Å². The molecule has 18 heteroatoms. The maximum Gasteiger partial charge on any atom is 0.682 e. The summed E-state index contributed by atoms with van der Waals surface area (Å²) < 4.78 is 72.8. The van der Waals surface area contributed by atoms with Crippen molar-refractivity contribution in [1.82, 2.24) is 0 Å². The summed E-state index contributed by atoms with van der Waals surface area (Å²) in [6.45, 7) is 4.84. The molecule has 0 aromatic rings. The Labute approximate surface area is 207 Å². The van der Waals surface area contributed by atoms with Crippen LogP contribution >= 0.6 is 0 Å². The summed E-state index contributed by atoms with van der Waals surface area (Å²) in [4.78, 5) is 12.1. The van der Waals surface area contributed by atoms with Gasteiger partial charge in [-0.3, -0.25) is 13.3 Å². The van der Waals surface area contributed by atoms with E-state index in [0.717, 1.165) is 0 Å². The van der Waals surface area contributed by atoms with Crippen molar-refractivity contribution in [1.29, 1.82) is 0 Å². The molecule has 0 saturated heterocycles. The number of hydrogen-bond donors (Lipinski definition) is 0. The molecular formula is C16H38O14Si4. The average Bonchev–Trinajstić information content (AvgIpc) is 2.87. The molecule has 1 unspecified atom stereocenters. The second-order valence-corrected chi connectivity index (χ2v) is 15.2. The van der Waals surface area contributed by atoms with Crippen molar-refractivity contribution in [3.63, 3.8) is 0 Å². The maximum atomic E-state index is 12.1. The van der Waals surface area contributed by atoms with Crippen LogP contribution < -0.4 is 0 Å². The topological polar surface area (TPSA) is 137 Å². The predicted octanol–water partition coefficient (Wildman–Crippen LogP) is -0.912. The third-order valence-corrected chi connectivity index (χ3v) is 11.6. The van der Waals surface area contributed by atoms with Gasteiger partial charge in [0.15, 0.2) is 0 Å². The highest BCUT2D eigenvalue weighted by atomic mass is 28.4. The summed E-state index contributed by atoms with van der Waals surface area (Å²) in [6, 6.07) is 0. The van der Waals surface area contributed by atoms with E-state index in [1.54, 1.807) is 0 Å². The van der Waals surface area contributed by atoms with Crippen LogP contribution in [-0.2, 0) is 62.6 Å². The molecule has 0 amide bonds. The Hall–Kier alpha value is -0.402. The molecule has 1 atom stereocenters. The van der Waals surface area contributed by atoms with Gasteiger partial charge in [-0.05, 0) is 6.92 Å². The largest absolute Gasteiger partial charge is 0.682 e. The highest BCUT2D eigenvalue weighted by Gasteiger charge is 2.65. The first-order valence-electron chi connectivity index (χ1n) is 9.81. The van der Waals surface area contributed by atoms with Gasteiger partial charge in [0.25, 0.3) is 5.97 Å². The van der Waals surface area contributed by atoms with Gasteiger partial charge in [-0.15, -0.1) is 0 Å². The Morgan fingerprint density at radius 1 is 0.706 bits per heavy atom. The zero-order valence-corrected chi connectivity index (χ0v) is 26.7. The molecule has 0 aliphatic rings. The van der Waals surface area contributed by atoms with Gasteiger partial charge in [0.05, 0.1) is 12.1 Å². The van der Waals surface area contributed by atoms with Crippen LogP contribution in [0.5, 0.6) is 0 Å². The smallest absolute Gasteiger partial charge is 0.462 e. The number of carbonyl (C=O) groups excluding carboxylic acids is 1. The van der Waals surface area contributed by atoms with Crippen LogP contribution in [0.15, 0.2) is 12.2 Å². The number of ether oxygens (including phenoxy) is 1. The van der Waals surface area contributed by atoms with E-state index in [2.05, 4.69) is 6.58 Å². The zero-order valence-electron chi connectivity index (χ0n) is 21.7. The summed E-state index contributed by atoms with van der Waals surface area (Å²) in [6.07, 6.45) is 0. The van der Waals surface area contributed by atoms with Crippen molar-refractivity contribution in [3.05, 3.63) is 12.2 Å². The minimum atomic E-state index is -3.94. The first kappa shape index (κ1) is 33.6. The van der Waals surface area contributed by atoms with E-state index in [4.69, 9.17) is 57.8 Å². The molecular weight excluding hydrogens is 529 g/mol. The minimum absolute atomic E-state index is 0.195. The lowest BCUT2D eigenvalue weighted by Gasteiger charge is -2.46. The van der Waals surface area contributed by atoms with Gasteiger partial charge >= 0.3 is 33.1 Å². The number of esters is 1. The molecule has 0 fully saturated rings. The van der Waals surface area contributed by atoms with E-state index in [0.29, 0.717) is 0 Å². The van der Waals surface area contributed by atoms with E-state index < -0.39 is 44.6 Å². The molecule has 0 aromatic carbocycles. The number of hydrogen-bond acceptors (Lipinski definition) is 14. The van der Waals surface area contributed by atoms with E-state index in [1.165, 1.54) is 70.9 Å². The fourth-order valence-electron chi connectivity index (χ4n) is 2.44. The standard InChI is InChI=1S/C16H38O14Si4/c1-13(2)15(17)27-12-14(31)16(28-32(18-3,19-4)20-5,29-33(21-6,22-7)23-8)30-34(24-9,25-10)26-11/h14H,1,12H2,2-11,31H3. The van der Waals surface area contributed by atoms with Crippen LogP contribution in [0.3, 0.4) is 0 Å². The molecule has 0 aliphatic carbocycles. The predicted molar refractivity (Wildman–Crippen MR) is 126 cm³/mol. The molecule has 0 aliphatic heterocycles.